The van der Waals surface area contributed by atoms with Gasteiger partial charge in [-0.15, -0.1) is 0 Å². The largest absolute Gasteiger partial charge is 0.469 e. The van der Waals surface area contributed by atoms with Gasteiger partial charge in [0.25, 0.3) is 0 Å². The van der Waals surface area contributed by atoms with Crippen molar-refractivity contribution < 1.29 is 9.53 Å². The van der Waals surface area contributed by atoms with Crippen LogP contribution in [0.1, 0.15) is 5.56 Å². The van der Waals surface area contributed by atoms with E-state index < -0.39 is 0 Å². The van der Waals surface area contributed by atoms with E-state index in [2.05, 4.69) is 9.72 Å². The van der Waals surface area contributed by atoms with Crippen molar-refractivity contribution in [1.82, 2.24) is 4.98 Å². The van der Waals surface area contributed by atoms with E-state index >= 15 is 0 Å². The molecule has 5 heteroatoms. The number of nitrogens with two attached hydrogens (primary N) is 1. The molecule has 2 N–H and O–H groups in total. The molecule has 0 fully saturated rings. The molecular formula is C10H10N2O2S. The Labute approximate surface area is 90.7 Å². The van der Waals surface area contributed by atoms with Gasteiger partial charge < -0.3 is 10.5 Å². The number of hydrogen-bond acceptors (Lipinski definition) is 5. The molecule has 0 atom stereocenters. The Morgan fingerprint density at radius 1 is 1.60 bits per heavy atom. The number of nitrogens with zero attached hydrogens (tertiary/aromatic N) is 1. The van der Waals surface area contributed by atoms with Crippen LogP contribution < -0.4 is 5.73 Å². The van der Waals surface area contributed by atoms with Crippen LogP contribution in [0.5, 0.6) is 0 Å². The fourth-order valence-electron chi connectivity index (χ4n) is 1.39. The van der Waals surface area contributed by atoms with Gasteiger partial charge in [0.15, 0.2) is 5.13 Å². The van der Waals surface area contributed by atoms with Crippen LogP contribution in [0.15, 0.2) is 18.2 Å². The molecule has 2 aromatic rings. The van der Waals surface area contributed by atoms with Crippen LogP contribution in [0.25, 0.3) is 10.2 Å². The summed E-state index contributed by atoms with van der Waals surface area (Å²) in [5, 5.41) is 0.516. The number of carbonyl (C=O) groups excluding carboxylic acids is 1. The summed E-state index contributed by atoms with van der Waals surface area (Å²) in [6, 6.07) is 5.62. The van der Waals surface area contributed by atoms with Crippen molar-refractivity contribution in [3.05, 3.63) is 23.8 Å². The second kappa shape index (κ2) is 3.86. The van der Waals surface area contributed by atoms with Crippen LogP contribution in [0.4, 0.5) is 5.13 Å². The van der Waals surface area contributed by atoms with Crippen molar-refractivity contribution in [2.75, 3.05) is 12.8 Å². The number of rotatable bonds is 2. The van der Waals surface area contributed by atoms with Gasteiger partial charge in [-0.1, -0.05) is 23.5 Å². The highest BCUT2D eigenvalue weighted by atomic mass is 32.1. The van der Waals surface area contributed by atoms with Crippen molar-refractivity contribution in [1.29, 1.82) is 0 Å². The molecule has 4 nitrogen and oxygen atoms in total. The van der Waals surface area contributed by atoms with Crippen LogP contribution in [-0.2, 0) is 16.0 Å². The highest BCUT2D eigenvalue weighted by Crippen LogP contribution is 2.27. The quantitative estimate of drug-likeness (QED) is 0.784. The fraction of sp³-hybridized carbons (Fsp3) is 0.200. The number of esters is 1. The molecule has 0 bridgehead atoms. The minimum absolute atomic E-state index is 0.255. The smallest absolute Gasteiger partial charge is 0.310 e. The average Bonchev–Trinajstić information content (AvgIpc) is 2.59. The van der Waals surface area contributed by atoms with Gasteiger partial charge >= 0.3 is 5.97 Å². The highest BCUT2D eigenvalue weighted by molar-refractivity contribution is 7.22. The summed E-state index contributed by atoms with van der Waals surface area (Å²) >= 11 is 1.39. The molecule has 0 radical (unpaired) electrons. The SMILES string of the molecule is COC(=O)Cc1cccc2nc(N)sc12. The second-order valence-corrected chi connectivity index (χ2v) is 4.10. The summed E-state index contributed by atoms with van der Waals surface area (Å²) in [5.74, 6) is -0.255. The molecule has 1 aromatic carbocycles. The predicted octanol–water partition coefficient (Wildman–Crippen LogP) is 1.59. The van der Waals surface area contributed by atoms with Gasteiger partial charge in [-0.05, 0) is 11.6 Å². The van der Waals surface area contributed by atoms with Crippen LogP contribution in [-0.4, -0.2) is 18.1 Å². The first kappa shape index (κ1) is 9.92. The minimum Gasteiger partial charge on any atom is -0.469 e. The third-order valence-corrected chi connectivity index (χ3v) is 3.05. The summed E-state index contributed by atoms with van der Waals surface area (Å²) < 4.78 is 5.58. The summed E-state index contributed by atoms with van der Waals surface area (Å²) in [7, 11) is 1.38. The zero-order valence-corrected chi connectivity index (χ0v) is 9.00. The topological polar surface area (TPSA) is 65.2 Å². The third kappa shape index (κ3) is 1.92. The molecule has 0 aliphatic carbocycles. The summed E-state index contributed by atoms with van der Waals surface area (Å²) in [4.78, 5) is 15.3. The first-order valence-corrected chi connectivity index (χ1v) is 5.23. The van der Waals surface area contributed by atoms with Gasteiger partial charge in [-0.3, -0.25) is 4.79 Å². The maximum absolute atomic E-state index is 11.2. The molecule has 0 aliphatic rings. The molecule has 0 amide bonds. The first-order valence-electron chi connectivity index (χ1n) is 4.41. The van der Waals surface area contributed by atoms with Crippen molar-refractivity contribution in [2.45, 2.75) is 6.42 Å². The summed E-state index contributed by atoms with van der Waals surface area (Å²) in [5.41, 5.74) is 7.36. The number of nitrogen functional groups attached to an aromatic ring is 1. The molecule has 0 saturated heterocycles. The van der Waals surface area contributed by atoms with E-state index in [1.807, 2.05) is 18.2 Å². The molecule has 1 heterocycles. The summed E-state index contributed by atoms with van der Waals surface area (Å²) in [6.07, 6.45) is 0.259. The average molecular weight is 222 g/mol. The van der Waals surface area contributed by atoms with E-state index in [1.165, 1.54) is 18.4 Å². The second-order valence-electron chi connectivity index (χ2n) is 3.07. The number of aromatic nitrogens is 1. The van der Waals surface area contributed by atoms with E-state index in [9.17, 15) is 4.79 Å². The lowest BCUT2D eigenvalue weighted by Gasteiger charge is -2.00. The lowest BCUT2D eigenvalue weighted by molar-refractivity contribution is -0.139. The first-order chi connectivity index (χ1) is 7.20. The van der Waals surface area contributed by atoms with E-state index in [1.54, 1.807) is 0 Å². The fourth-order valence-corrected chi connectivity index (χ4v) is 2.23. The van der Waals surface area contributed by atoms with Crippen molar-refractivity contribution in [3.8, 4) is 0 Å². The molecule has 0 aliphatic heterocycles. The minimum atomic E-state index is -0.255. The standard InChI is InChI=1S/C10H10N2O2S/c1-14-8(13)5-6-3-2-4-7-9(6)15-10(11)12-7/h2-4H,5H2,1H3,(H2,11,12). The maximum Gasteiger partial charge on any atom is 0.310 e. The van der Waals surface area contributed by atoms with Crippen molar-refractivity contribution >= 4 is 32.7 Å². The number of carbonyl (C=O) groups is 1. The number of fused-ring (bicyclic) bond motifs is 1. The molecule has 2 rings (SSSR count). The number of thiazole rings is 1. The lowest BCUT2D eigenvalue weighted by Crippen LogP contribution is -2.04. The van der Waals surface area contributed by atoms with E-state index in [0.29, 0.717) is 5.13 Å². The lowest BCUT2D eigenvalue weighted by atomic mass is 10.1. The molecule has 0 unspecified atom stereocenters. The zero-order valence-electron chi connectivity index (χ0n) is 8.19. The number of anilines is 1. The summed E-state index contributed by atoms with van der Waals surface area (Å²) in [6.45, 7) is 0. The van der Waals surface area contributed by atoms with E-state index in [4.69, 9.17) is 5.73 Å². The number of hydrogen-bond donors (Lipinski definition) is 1. The van der Waals surface area contributed by atoms with Gasteiger partial charge in [0.1, 0.15) is 0 Å². The van der Waals surface area contributed by atoms with Crippen LogP contribution in [0, 0.1) is 0 Å². The van der Waals surface area contributed by atoms with Gasteiger partial charge in [0, 0.05) is 0 Å². The van der Waals surface area contributed by atoms with Crippen molar-refractivity contribution in [3.63, 3.8) is 0 Å². The zero-order chi connectivity index (χ0) is 10.8. The number of benzene rings is 1. The van der Waals surface area contributed by atoms with Gasteiger partial charge in [-0.25, -0.2) is 4.98 Å². The Bertz CT molecular complexity index is 507. The molecular weight excluding hydrogens is 212 g/mol. The molecule has 0 spiro atoms. The van der Waals surface area contributed by atoms with Crippen molar-refractivity contribution in [2.24, 2.45) is 0 Å². The van der Waals surface area contributed by atoms with Crippen LogP contribution >= 0.6 is 11.3 Å². The molecule has 15 heavy (non-hydrogen) atoms. The molecule has 78 valence electrons. The molecule has 0 saturated carbocycles. The number of ether oxygens (including phenoxy) is 1. The monoisotopic (exact) mass is 222 g/mol. The Morgan fingerprint density at radius 3 is 3.13 bits per heavy atom. The Kier molecular flexibility index (Phi) is 2.55. The normalized spacial score (nSPS) is 10.5. The van der Waals surface area contributed by atoms with E-state index in [-0.39, 0.29) is 12.4 Å². The van der Waals surface area contributed by atoms with E-state index in [0.717, 1.165) is 15.8 Å². The van der Waals surface area contributed by atoms with Gasteiger partial charge in [0.2, 0.25) is 0 Å². The highest BCUT2D eigenvalue weighted by Gasteiger charge is 2.09. The van der Waals surface area contributed by atoms with Gasteiger partial charge in [0.05, 0.1) is 23.7 Å². The third-order valence-electron chi connectivity index (χ3n) is 2.08. The van der Waals surface area contributed by atoms with Crippen LogP contribution in [0.3, 0.4) is 0 Å². The Balaban J connectivity index is 2.46. The van der Waals surface area contributed by atoms with Crippen LogP contribution in [0.2, 0.25) is 0 Å². The Morgan fingerprint density at radius 2 is 2.40 bits per heavy atom. The number of methoxy groups -OCH3 is 1. The van der Waals surface area contributed by atoms with Gasteiger partial charge in [-0.2, -0.15) is 0 Å². The maximum atomic E-state index is 11.2. The molecule has 1 aromatic heterocycles. The predicted molar refractivity (Wildman–Crippen MR) is 59.8 cm³/mol. The Hall–Kier alpha value is -1.62.